The second kappa shape index (κ2) is 7.43. The van der Waals surface area contributed by atoms with Gasteiger partial charge in [-0.15, -0.1) is 0 Å². The molecule has 0 amide bonds. The second-order valence-electron chi connectivity index (χ2n) is 6.78. The van der Waals surface area contributed by atoms with Crippen molar-refractivity contribution in [2.75, 3.05) is 11.9 Å². The molecule has 0 fully saturated rings. The van der Waals surface area contributed by atoms with Crippen molar-refractivity contribution in [2.45, 2.75) is 19.6 Å². The number of aliphatic hydroxyl groups excluding tert-OH is 1. The monoisotopic (exact) mass is 398 g/mol. The number of nitrogens with zero attached hydrogens (tertiary/aromatic N) is 1. The maximum Gasteiger partial charge on any atom is 0.0891 e. The van der Waals surface area contributed by atoms with Crippen molar-refractivity contribution in [3.8, 4) is 0 Å². The van der Waals surface area contributed by atoms with Crippen LogP contribution in [0.4, 0.5) is 5.69 Å². The fourth-order valence-electron chi connectivity index (χ4n) is 3.52. The van der Waals surface area contributed by atoms with Crippen LogP contribution in [0.15, 0.2) is 60.7 Å². The molecule has 0 saturated carbocycles. The summed E-state index contributed by atoms with van der Waals surface area (Å²) in [4.78, 5) is 0. The fourth-order valence-corrected chi connectivity index (χ4v) is 3.86. The van der Waals surface area contributed by atoms with Gasteiger partial charge in [-0.1, -0.05) is 41.4 Å². The van der Waals surface area contributed by atoms with Crippen molar-refractivity contribution in [3.63, 3.8) is 0 Å². The molecule has 0 saturated heterocycles. The quantitative estimate of drug-likeness (QED) is 0.440. The summed E-state index contributed by atoms with van der Waals surface area (Å²) in [5, 5.41) is 17.4. The van der Waals surface area contributed by atoms with E-state index in [0.717, 1.165) is 33.1 Å². The van der Waals surface area contributed by atoms with Crippen molar-refractivity contribution in [1.82, 2.24) is 4.57 Å². The molecule has 27 heavy (non-hydrogen) atoms. The molecule has 5 heteroatoms. The summed E-state index contributed by atoms with van der Waals surface area (Å²) < 4.78 is 2.13. The Morgan fingerprint density at radius 1 is 0.926 bits per heavy atom. The summed E-state index contributed by atoms with van der Waals surface area (Å²) in [5.41, 5.74) is 4.27. The molecule has 1 aromatic heterocycles. The van der Waals surface area contributed by atoms with E-state index in [-0.39, 0.29) is 0 Å². The third kappa shape index (κ3) is 3.63. The van der Waals surface area contributed by atoms with Gasteiger partial charge in [0.25, 0.3) is 0 Å². The smallest absolute Gasteiger partial charge is 0.0891 e. The average molecular weight is 399 g/mol. The highest BCUT2D eigenvalue weighted by molar-refractivity contribution is 6.33. The Morgan fingerprint density at radius 2 is 1.52 bits per heavy atom. The van der Waals surface area contributed by atoms with E-state index in [1.54, 1.807) is 0 Å². The Kier molecular flexibility index (Phi) is 5.00. The molecule has 0 aliphatic rings. The number of benzene rings is 3. The summed E-state index contributed by atoms with van der Waals surface area (Å²) >= 11 is 12.4. The Balaban J connectivity index is 1.65. The summed E-state index contributed by atoms with van der Waals surface area (Å²) in [6, 6.07) is 19.7. The Hall–Kier alpha value is -2.20. The van der Waals surface area contributed by atoms with Crippen LogP contribution in [0.2, 0.25) is 10.0 Å². The molecule has 1 unspecified atom stereocenters. The van der Waals surface area contributed by atoms with Gasteiger partial charge in [-0.05, 0) is 55.0 Å². The number of aliphatic hydroxyl groups is 1. The number of anilines is 1. The van der Waals surface area contributed by atoms with E-state index in [1.165, 1.54) is 0 Å². The number of aryl methyl sites for hydroxylation is 1. The molecule has 3 nitrogen and oxygen atoms in total. The number of para-hydroxylation sites is 1. The maximum absolute atomic E-state index is 10.7. The minimum Gasteiger partial charge on any atom is -0.389 e. The second-order valence-corrected chi connectivity index (χ2v) is 7.66. The van der Waals surface area contributed by atoms with Crippen molar-refractivity contribution < 1.29 is 5.11 Å². The van der Waals surface area contributed by atoms with Gasteiger partial charge in [0.1, 0.15) is 0 Å². The standard InChI is InChI=1S/C22H20Cl2N2O/c1-14-4-2-3-5-20(14)25-12-17(27)13-26-21-8-6-15(23)10-18(21)19-11-16(24)7-9-22(19)26/h2-11,17,25,27H,12-13H2,1H3. The van der Waals surface area contributed by atoms with Crippen LogP contribution in [0, 0.1) is 6.92 Å². The number of hydrogen-bond donors (Lipinski definition) is 2. The van der Waals surface area contributed by atoms with Crippen molar-refractivity contribution in [3.05, 3.63) is 76.3 Å². The molecule has 0 radical (unpaired) electrons. The molecule has 2 N–H and O–H groups in total. The zero-order valence-electron chi connectivity index (χ0n) is 14.9. The van der Waals surface area contributed by atoms with Crippen LogP contribution < -0.4 is 5.32 Å². The van der Waals surface area contributed by atoms with Gasteiger partial charge >= 0.3 is 0 Å². The fraction of sp³-hybridized carbons (Fsp3) is 0.182. The van der Waals surface area contributed by atoms with Crippen LogP contribution in [0.25, 0.3) is 21.8 Å². The number of halogens is 2. The zero-order chi connectivity index (χ0) is 19.0. The summed E-state index contributed by atoms with van der Waals surface area (Å²) in [6.07, 6.45) is -0.547. The van der Waals surface area contributed by atoms with E-state index in [2.05, 4.69) is 22.9 Å². The molecule has 0 aliphatic carbocycles. The first kappa shape index (κ1) is 18.2. The molecule has 0 bridgehead atoms. The predicted molar refractivity (Wildman–Crippen MR) is 115 cm³/mol. The highest BCUT2D eigenvalue weighted by Gasteiger charge is 2.15. The van der Waals surface area contributed by atoms with Gasteiger partial charge < -0.3 is 15.0 Å². The van der Waals surface area contributed by atoms with E-state index in [0.29, 0.717) is 23.1 Å². The van der Waals surface area contributed by atoms with Gasteiger partial charge in [0.15, 0.2) is 0 Å². The molecule has 0 spiro atoms. The summed E-state index contributed by atoms with van der Waals surface area (Å²) in [5.74, 6) is 0. The predicted octanol–water partition coefficient (Wildman–Crippen LogP) is 5.88. The number of fused-ring (bicyclic) bond motifs is 3. The third-order valence-electron chi connectivity index (χ3n) is 4.86. The van der Waals surface area contributed by atoms with Crippen molar-refractivity contribution in [1.29, 1.82) is 0 Å². The van der Waals surface area contributed by atoms with Crippen molar-refractivity contribution >= 4 is 50.7 Å². The van der Waals surface area contributed by atoms with E-state index >= 15 is 0 Å². The molecule has 1 atom stereocenters. The van der Waals surface area contributed by atoms with Gasteiger partial charge in [0, 0.05) is 44.1 Å². The van der Waals surface area contributed by atoms with Crippen LogP contribution in [0.1, 0.15) is 5.56 Å². The lowest BCUT2D eigenvalue weighted by molar-refractivity contribution is 0.169. The van der Waals surface area contributed by atoms with Crippen molar-refractivity contribution in [2.24, 2.45) is 0 Å². The summed E-state index contributed by atoms with van der Waals surface area (Å²) in [7, 11) is 0. The lowest BCUT2D eigenvalue weighted by Gasteiger charge is -2.16. The van der Waals surface area contributed by atoms with E-state index in [9.17, 15) is 5.11 Å². The largest absolute Gasteiger partial charge is 0.389 e. The summed E-state index contributed by atoms with van der Waals surface area (Å²) in [6.45, 7) is 2.99. The molecular formula is C22H20Cl2N2O. The molecule has 3 aromatic carbocycles. The lowest BCUT2D eigenvalue weighted by atomic mass is 10.1. The minimum atomic E-state index is -0.547. The number of rotatable bonds is 5. The highest BCUT2D eigenvalue weighted by atomic mass is 35.5. The van der Waals surface area contributed by atoms with Crippen LogP contribution >= 0.6 is 23.2 Å². The Morgan fingerprint density at radius 3 is 2.11 bits per heavy atom. The molecule has 1 heterocycles. The van der Waals surface area contributed by atoms with Crippen LogP contribution in [0.5, 0.6) is 0 Å². The molecular weight excluding hydrogens is 379 g/mol. The van der Waals surface area contributed by atoms with E-state index in [1.807, 2.05) is 54.6 Å². The number of hydrogen-bond acceptors (Lipinski definition) is 2. The zero-order valence-corrected chi connectivity index (χ0v) is 16.4. The van der Waals surface area contributed by atoms with Gasteiger partial charge in [-0.2, -0.15) is 0 Å². The van der Waals surface area contributed by atoms with E-state index < -0.39 is 6.10 Å². The molecule has 138 valence electrons. The Labute approximate surface area is 168 Å². The minimum absolute atomic E-state index is 0.465. The highest BCUT2D eigenvalue weighted by Crippen LogP contribution is 2.33. The average Bonchev–Trinajstić information content (AvgIpc) is 2.93. The van der Waals surface area contributed by atoms with E-state index in [4.69, 9.17) is 23.2 Å². The van der Waals surface area contributed by atoms with Gasteiger partial charge in [-0.25, -0.2) is 0 Å². The molecule has 0 aliphatic heterocycles. The first-order valence-corrected chi connectivity index (χ1v) is 9.63. The first-order valence-electron chi connectivity index (χ1n) is 8.87. The lowest BCUT2D eigenvalue weighted by Crippen LogP contribution is -2.25. The normalized spacial score (nSPS) is 12.6. The van der Waals surface area contributed by atoms with Gasteiger partial charge in [0.2, 0.25) is 0 Å². The topological polar surface area (TPSA) is 37.2 Å². The molecule has 4 aromatic rings. The Bertz CT molecular complexity index is 1060. The van der Waals surface area contributed by atoms with Crippen LogP contribution in [-0.2, 0) is 6.54 Å². The number of aromatic nitrogens is 1. The maximum atomic E-state index is 10.7. The third-order valence-corrected chi connectivity index (χ3v) is 5.33. The first-order chi connectivity index (χ1) is 13.0. The van der Waals surface area contributed by atoms with Crippen LogP contribution in [0.3, 0.4) is 0 Å². The van der Waals surface area contributed by atoms with Gasteiger partial charge in [0.05, 0.1) is 12.6 Å². The SMILES string of the molecule is Cc1ccccc1NCC(O)Cn1c2ccc(Cl)cc2c2cc(Cl)ccc21. The number of nitrogens with one attached hydrogen (secondary N) is 1. The van der Waals surface area contributed by atoms with Gasteiger partial charge in [-0.3, -0.25) is 0 Å². The van der Waals surface area contributed by atoms with Crippen LogP contribution in [-0.4, -0.2) is 22.3 Å². The molecule has 4 rings (SSSR count).